The molecule has 0 aliphatic rings. The summed E-state index contributed by atoms with van der Waals surface area (Å²) < 4.78 is 13.4. The van der Waals surface area contributed by atoms with Gasteiger partial charge in [-0.2, -0.15) is 5.26 Å². The molecule has 2 aromatic carbocycles. The second kappa shape index (κ2) is 5.39. The molecule has 4 heteroatoms. The van der Waals surface area contributed by atoms with E-state index in [0.29, 0.717) is 15.6 Å². The quantitative estimate of drug-likeness (QED) is 0.770. The van der Waals surface area contributed by atoms with Gasteiger partial charge in [-0.1, -0.05) is 35.3 Å². The van der Waals surface area contributed by atoms with E-state index in [1.165, 1.54) is 6.07 Å². The lowest BCUT2D eigenvalue weighted by molar-refractivity contribution is 0.615. The average molecular weight is 280 g/mol. The van der Waals surface area contributed by atoms with E-state index in [1.807, 2.05) is 6.07 Å². The van der Waals surface area contributed by atoms with Gasteiger partial charge in [0.25, 0.3) is 0 Å². The molecule has 2 rings (SSSR count). The molecule has 1 nitrogen and oxygen atoms in total. The molecule has 0 saturated carbocycles. The molecule has 0 aromatic heterocycles. The van der Waals surface area contributed by atoms with Crippen molar-refractivity contribution in [2.75, 3.05) is 0 Å². The Balaban J connectivity index is 2.51. The van der Waals surface area contributed by atoms with Crippen molar-refractivity contribution in [1.29, 1.82) is 5.26 Å². The van der Waals surface area contributed by atoms with Gasteiger partial charge in [-0.25, -0.2) is 4.39 Å². The van der Waals surface area contributed by atoms with E-state index in [4.69, 9.17) is 28.5 Å². The fraction of sp³-hybridized carbons (Fsp3) is 0.0714. The summed E-state index contributed by atoms with van der Waals surface area (Å²) in [6.07, 6.45) is 0.0326. The first-order valence-corrected chi connectivity index (χ1v) is 5.98. The van der Waals surface area contributed by atoms with E-state index in [1.54, 1.807) is 30.3 Å². The molecule has 0 N–H and O–H groups in total. The highest BCUT2D eigenvalue weighted by Gasteiger charge is 2.08. The second-order valence-electron chi connectivity index (χ2n) is 3.77. The molecule has 0 aliphatic heterocycles. The third-order valence-electron chi connectivity index (χ3n) is 2.56. The highest BCUT2D eigenvalue weighted by atomic mass is 35.5. The maximum absolute atomic E-state index is 13.4. The molecule has 0 atom stereocenters. The second-order valence-corrected chi connectivity index (χ2v) is 4.61. The topological polar surface area (TPSA) is 23.8 Å². The van der Waals surface area contributed by atoms with E-state index in [2.05, 4.69) is 0 Å². The summed E-state index contributed by atoms with van der Waals surface area (Å²) in [7, 11) is 0. The molecule has 0 heterocycles. The van der Waals surface area contributed by atoms with Gasteiger partial charge in [0.1, 0.15) is 5.82 Å². The van der Waals surface area contributed by atoms with Gasteiger partial charge in [0.15, 0.2) is 0 Å². The first-order valence-electron chi connectivity index (χ1n) is 5.22. The average Bonchev–Trinajstić information content (AvgIpc) is 2.33. The minimum Gasteiger partial charge on any atom is -0.207 e. The summed E-state index contributed by atoms with van der Waals surface area (Å²) in [5.41, 5.74) is 1.89. The number of hydrogen-bond donors (Lipinski definition) is 0. The van der Waals surface area contributed by atoms with Crippen molar-refractivity contribution in [3.63, 3.8) is 0 Å². The molecule has 0 aliphatic carbocycles. The van der Waals surface area contributed by atoms with E-state index in [0.717, 1.165) is 11.1 Å². The smallest absolute Gasteiger partial charge is 0.127 e. The molecular formula is C14H8Cl2FN. The van der Waals surface area contributed by atoms with Crippen LogP contribution in [-0.4, -0.2) is 0 Å². The number of hydrogen-bond acceptors (Lipinski definition) is 1. The molecular weight excluding hydrogens is 272 g/mol. The van der Waals surface area contributed by atoms with Crippen molar-refractivity contribution >= 4 is 23.2 Å². The first-order chi connectivity index (χ1) is 8.61. The minimum atomic E-state index is -0.384. The van der Waals surface area contributed by atoms with Crippen LogP contribution in [0.3, 0.4) is 0 Å². The van der Waals surface area contributed by atoms with E-state index in [9.17, 15) is 4.39 Å². The van der Waals surface area contributed by atoms with Crippen LogP contribution in [0.1, 0.15) is 5.56 Å². The van der Waals surface area contributed by atoms with Gasteiger partial charge < -0.3 is 0 Å². The Morgan fingerprint density at radius 3 is 2.56 bits per heavy atom. The third kappa shape index (κ3) is 2.64. The SMILES string of the molecule is N#CCc1cc(-c2ccc(Cl)cc2Cl)ccc1F. The number of nitrogens with zero attached hydrogens (tertiary/aromatic N) is 1. The summed E-state index contributed by atoms with van der Waals surface area (Å²) in [6, 6.07) is 11.7. The summed E-state index contributed by atoms with van der Waals surface area (Å²) in [4.78, 5) is 0. The Labute approximate surface area is 114 Å². The molecule has 2 aromatic rings. The monoisotopic (exact) mass is 279 g/mol. The Hall–Kier alpha value is -1.56. The van der Waals surface area contributed by atoms with Crippen molar-refractivity contribution in [3.8, 4) is 17.2 Å². The Kier molecular flexibility index (Phi) is 3.86. The fourth-order valence-corrected chi connectivity index (χ4v) is 2.20. The van der Waals surface area contributed by atoms with Crippen LogP contribution in [0.2, 0.25) is 10.0 Å². The number of benzene rings is 2. The van der Waals surface area contributed by atoms with E-state index >= 15 is 0 Å². The lowest BCUT2D eigenvalue weighted by Gasteiger charge is -2.07. The van der Waals surface area contributed by atoms with Crippen molar-refractivity contribution in [2.24, 2.45) is 0 Å². The molecule has 0 fully saturated rings. The normalized spacial score (nSPS) is 10.1. The molecule has 90 valence electrons. The van der Waals surface area contributed by atoms with Crippen LogP contribution in [0.25, 0.3) is 11.1 Å². The number of halogens is 3. The van der Waals surface area contributed by atoms with Crippen LogP contribution in [0, 0.1) is 17.1 Å². The highest BCUT2D eigenvalue weighted by molar-refractivity contribution is 6.36. The van der Waals surface area contributed by atoms with Crippen LogP contribution >= 0.6 is 23.2 Å². The van der Waals surface area contributed by atoms with Crippen molar-refractivity contribution in [3.05, 3.63) is 57.8 Å². The highest BCUT2D eigenvalue weighted by Crippen LogP contribution is 2.31. The van der Waals surface area contributed by atoms with Gasteiger partial charge in [0.05, 0.1) is 12.5 Å². The van der Waals surface area contributed by atoms with Gasteiger partial charge in [-0.15, -0.1) is 0 Å². The lowest BCUT2D eigenvalue weighted by atomic mass is 10.0. The Morgan fingerprint density at radius 2 is 1.89 bits per heavy atom. The fourth-order valence-electron chi connectivity index (χ4n) is 1.69. The zero-order chi connectivity index (χ0) is 13.1. The predicted molar refractivity (Wildman–Crippen MR) is 71.2 cm³/mol. The number of rotatable bonds is 2. The summed E-state index contributed by atoms with van der Waals surface area (Å²) in [6.45, 7) is 0. The lowest BCUT2D eigenvalue weighted by Crippen LogP contribution is -1.90. The van der Waals surface area contributed by atoms with E-state index in [-0.39, 0.29) is 12.2 Å². The third-order valence-corrected chi connectivity index (χ3v) is 3.11. The van der Waals surface area contributed by atoms with Gasteiger partial charge >= 0.3 is 0 Å². The van der Waals surface area contributed by atoms with Crippen LogP contribution in [-0.2, 0) is 6.42 Å². The molecule has 0 spiro atoms. The zero-order valence-corrected chi connectivity index (χ0v) is 10.8. The predicted octanol–water partition coefficient (Wildman–Crippen LogP) is 4.87. The maximum Gasteiger partial charge on any atom is 0.127 e. The van der Waals surface area contributed by atoms with Gasteiger partial charge in [0.2, 0.25) is 0 Å². The van der Waals surface area contributed by atoms with Gasteiger partial charge in [-0.3, -0.25) is 0 Å². The van der Waals surface area contributed by atoms with Crippen molar-refractivity contribution < 1.29 is 4.39 Å². The standard InChI is InChI=1S/C14H8Cl2FN/c15-11-2-3-12(13(16)8-11)9-1-4-14(17)10(7-9)5-6-18/h1-4,7-8H,5H2. The Morgan fingerprint density at radius 1 is 1.11 bits per heavy atom. The zero-order valence-electron chi connectivity index (χ0n) is 9.25. The maximum atomic E-state index is 13.4. The van der Waals surface area contributed by atoms with Crippen LogP contribution < -0.4 is 0 Å². The molecule has 0 saturated heterocycles. The molecule has 0 unspecified atom stereocenters. The van der Waals surface area contributed by atoms with Crippen LogP contribution in [0.15, 0.2) is 36.4 Å². The van der Waals surface area contributed by atoms with Crippen molar-refractivity contribution in [2.45, 2.75) is 6.42 Å². The minimum absolute atomic E-state index is 0.0326. The molecule has 18 heavy (non-hydrogen) atoms. The molecule has 0 bridgehead atoms. The van der Waals surface area contributed by atoms with Crippen molar-refractivity contribution in [1.82, 2.24) is 0 Å². The summed E-state index contributed by atoms with van der Waals surface area (Å²) in [5.74, 6) is -0.384. The largest absolute Gasteiger partial charge is 0.207 e. The van der Waals surface area contributed by atoms with Crippen LogP contribution in [0.4, 0.5) is 4.39 Å². The van der Waals surface area contributed by atoms with E-state index < -0.39 is 0 Å². The van der Waals surface area contributed by atoms with Crippen LogP contribution in [0.5, 0.6) is 0 Å². The van der Waals surface area contributed by atoms with Gasteiger partial charge in [-0.05, 0) is 29.8 Å². The summed E-state index contributed by atoms with van der Waals surface area (Å²) >= 11 is 11.9. The number of nitriles is 1. The summed E-state index contributed by atoms with van der Waals surface area (Å²) in [5, 5.41) is 9.68. The Bertz CT molecular complexity index is 632. The first kappa shape index (κ1) is 12.9. The molecule has 0 amide bonds. The van der Waals surface area contributed by atoms with Gasteiger partial charge in [0, 0.05) is 21.2 Å². The molecule has 0 radical (unpaired) electrons.